The van der Waals surface area contributed by atoms with Crippen molar-refractivity contribution < 1.29 is 13.9 Å². The Morgan fingerprint density at radius 2 is 2.00 bits per heavy atom. The van der Waals surface area contributed by atoms with Crippen molar-refractivity contribution in [2.24, 2.45) is 0 Å². The van der Waals surface area contributed by atoms with E-state index in [4.69, 9.17) is 4.74 Å². The molecule has 3 rings (SSSR count). The molecule has 2 heterocycles. The predicted molar refractivity (Wildman–Crippen MR) is 93.5 cm³/mol. The lowest BCUT2D eigenvalue weighted by molar-refractivity contribution is 0.0185. The molecule has 0 spiro atoms. The van der Waals surface area contributed by atoms with Gasteiger partial charge in [0.25, 0.3) is 0 Å². The van der Waals surface area contributed by atoms with E-state index in [1.807, 2.05) is 31.5 Å². The number of hydrogen-bond acceptors (Lipinski definition) is 3. The summed E-state index contributed by atoms with van der Waals surface area (Å²) in [6, 6.07) is 3.42. The molecular weight excluding hydrogens is 377 g/mol. The molecule has 1 amide bonds. The van der Waals surface area contributed by atoms with Crippen LogP contribution in [0.3, 0.4) is 0 Å². The van der Waals surface area contributed by atoms with Crippen LogP contribution in [-0.4, -0.2) is 39.5 Å². The molecule has 1 saturated heterocycles. The molecule has 0 atom stereocenters. The summed E-state index contributed by atoms with van der Waals surface area (Å²) in [7, 11) is 0. The van der Waals surface area contributed by atoms with Crippen LogP contribution in [0.2, 0.25) is 0 Å². The van der Waals surface area contributed by atoms with Gasteiger partial charge in [-0.05, 0) is 45.7 Å². The highest BCUT2D eigenvalue weighted by atomic mass is 79.9. The first kappa shape index (κ1) is 17.2. The molecule has 0 radical (unpaired) electrons. The molecule has 1 aliphatic rings. The molecule has 0 N–H and O–H groups in total. The van der Waals surface area contributed by atoms with Crippen LogP contribution >= 0.6 is 15.9 Å². The van der Waals surface area contributed by atoms with Gasteiger partial charge in [-0.2, -0.15) is 5.10 Å². The molecule has 2 aromatic rings. The van der Waals surface area contributed by atoms with E-state index in [0.717, 1.165) is 12.8 Å². The number of hydrogen-bond donors (Lipinski definition) is 0. The fraction of sp³-hybridized carbons (Fsp3) is 0.529. The summed E-state index contributed by atoms with van der Waals surface area (Å²) in [6.45, 7) is 6.81. The molecular formula is C17H21BrFN3O2. The summed E-state index contributed by atoms with van der Waals surface area (Å²) < 4.78 is 21.9. The smallest absolute Gasteiger partial charge is 0.410 e. The highest BCUT2D eigenvalue weighted by molar-refractivity contribution is 9.10. The average molecular weight is 398 g/mol. The van der Waals surface area contributed by atoms with Gasteiger partial charge in [-0.25, -0.2) is 9.18 Å². The Morgan fingerprint density at radius 1 is 1.33 bits per heavy atom. The quantitative estimate of drug-likeness (QED) is 0.710. The fourth-order valence-corrected chi connectivity index (χ4v) is 3.31. The Hall–Kier alpha value is -1.63. The highest BCUT2D eigenvalue weighted by Crippen LogP contribution is 2.28. The SMILES string of the molecule is CC(C)(C)OC(=O)N1CCC(n2cc3c(F)cc(Br)cc3n2)CC1. The number of fused-ring (bicyclic) bond motifs is 1. The van der Waals surface area contributed by atoms with Crippen LogP contribution in [0.25, 0.3) is 10.9 Å². The largest absolute Gasteiger partial charge is 0.444 e. The third kappa shape index (κ3) is 3.71. The lowest BCUT2D eigenvalue weighted by Gasteiger charge is -2.33. The van der Waals surface area contributed by atoms with E-state index in [1.54, 1.807) is 11.1 Å². The molecule has 1 fully saturated rings. The number of halogens is 2. The molecule has 24 heavy (non-hydrogen) atoms. The van der Waals surface area contributed by atoms with E-state index in [9.17, 15) is 9.18 Å². The van der Waals surface area contributed by atoms with Gasteiger partial charge in [0, 0.05) is 23.8 Å². The maximum absolute atomic E-state index is 14.0. The second-order valence-electron chi connectivity index (χ2n) is 7.13. The van der Waals surface area contributed by atoms with Crippen molar-refractivity contribution in [3.63, 3.8) is 0 Å². The van der Waals surface area contributed by atoms with Crippen LogP contribution < -0.4 is 0 Å². The van der Waals surface area contributed by atoms with Gasteiger partial charge in [0.15, 0.2) is 0 Å². The summed E-state index contributed by atoms with van der Waals surface area (Å²) in [5.41, 5.74) is 0.148. The van der Waals surface area contributed by atoms with Crippen molar-refractivity contribution >= 4 is 32.9 Å². The first-order chi connectivity index (χ1) is 11.2. The number of rotatable bonds is 1. The second-order valence-corrected chi connectivity index (χ2v) is 8.04. The van der Waals surface area contributed by atoms with Gasteiger partial charge in [-0.1, -0.05) is 15.9 Å². The first-order valence-corrected chi connectivity index (χ1v) is 8.84. The zero-order valence-corrected chi connectivity index (χ0v) is 15.6. The zero-order valence-electron chi connectivity index (χ0n) is 14.1. The molecule has 1 aromatic carbocycles. The number of nitrogens with zero attached hydrogens (tertiary/aromatic N) is 3. The van der Waals surface area contributed by atoms with Crippen LogP contribution in [0.5, 0.6) is 0 Å². The summed E-state index contributed by atoms with van der Waals surface area (Å²) in [4.78, 5) is 13.8. The third-order valence-corrected chi connectivity index (χ3v) is 4.51. The monoisotopic (exact) mass is 397 g/mol. The third-order valence-electron chi connectivity index (χ3n) is 4.05. The minimum Gasteiger partial charge on any atom is -0.444 e. The molecule has 1 aliphatic heterocycles. The molecule has 0 saturated carbocycles. The Kier molecular flexibility index (Phi) is 4.55. The lowest BCUT2D eigenvalue weighted by Crippen LogP contribution is -2.42. The number of aromatic nitrogens is 2. The van der Waals surface area contributed by atoms with Crippen molar-refractivity contribution in [1.29, 1.82) is 0 Å². The fourth-order valence-electron chi connectivity index (χ4n) is 2.89. The van der Waals surface area contributed by atoms with E-state index in [1.165, 1.54) is 6.07 Å². The molecule has 7 heteroatoms. The number of amides is 1. The second kappa shape index (κ2) is 6.35. The molecule has 0 bridgehead atoms. The van der Waals surface area contributed by atoms with E-state index >= 15 is 0 Å². The topological polar surface area (TPSA) is 47.4 Å². The van der Waals surface area contributed by atoms with Gasteiger partial charge >= 0.3 is 6.09 Å². The van der Waals surface area contributed by atoms with Gasteiger partial charge in [0.1, 0.15) is 11.4 Å². The molecule has 0 unspecified atom stereocenters. The number of likely N-dealkylation sites (tertiary alicyclic amines) is 1. The molecule has 1 aromatic heterocycles. The van der Waals surface area contributed by atoms with Crippen molar-refractivity contribution in [3.8, 4) is 0 Å². The van der Waals surface area contributed by atoms with Gasteiger partial charge in [-0.15, -0.1) is 0 Å². The standard InChI is InChI=1S/C17H21BrFN3O2/c1-17(2,3)24-16(23)21-6-4-12(5-7-21)22-10-13-14(19)8-11(18)9-15(13)20-22/h8-10,12H,4-7H2,1-3H3. The van der Waals surface area contributed by atoms with Gasteiger partial charge in [0.2, 0.25) is 0 Å². The normalized spacial score (nSPS) is 16.6. The number of carbonyl (C=O) groups is 1. The number of carbonyl (C=O) groups excluding carboxylic acids is 1. The van der Waals surface area contributed by atoms with E-state index in [0.29, 0.717) is 28.5 Å². The van der Waals surface area contributed by atoms with Crippen LogP contribution in [0, 0.1) is 5.82 Å². The van der Waals surface area contributed by atoms with E-state index < -0.39 is 5.60 Å². The van der Waals surface area contributed by atoms with Crippen LogP contribution in [0.15, 0.2) is 22.8 Å². The Labute approximate surface area is 148 Å². The summed E-state index contributed by atoms with van der Waals surface area (Å²) in [5.74, 6) is -0.281. The maximum atomic E-state index is 14.0. The van der Waals surface area contributed by atoms with Crippen LogP contribution in [0.4, 0.5) is 9.18 Å². The lowest BCUT2D eigenvalue weighted by atomic mass is 10.1. The van der Waals surface area contributed by atoms with Gasteiger partial charge < -0.3 is 9.64 Å². The van der Waals surface area contributed by atoms with Crippen molar-refractivity contribution in [2.45, 2.75) is 45.3 Å². The van der Waals surface area contributed by atoms with Crippen molar-refractivity contribution in [3.05, 3.63) is 28.6 Å². The molecule has 5 nitrogen and oxygen atoms in total. The Balaban J connectivity index is 1.69. The zero-order chi connectivity index (χ0) is 17.5. The van der Waals surface area contributed by atoms with Gasteiger partial charge in [-0.3, -0.25) is 4.68 Å². The van der Waals surface area contributed by atoms with E-state index in [-0.39, 0.29) is 18.0 Å². The predicted octanol–water partition coefficient (Wildman–Crippen LogP) is 4.51. The van der Waals surface area contributed by atoms with Crippen LogP contribution in [0.1, 0.15) is 39.7 Å². The Morgan fingerprint density at radius 3 is 2.62 bits per heavy atom. The maximum Gasteiger partial charge on any atom is 0.410 e. The first-order valence-electron chi connectivity index (χ1n) is 8.05. The minimum atomic E-state index is -0.488. The molecule has 130 valence electrons. The van der Waals surface area contributed by atoms with Crippen molar-refractivity contribution in [2.75, 3.05) is 13.1 Å². The summed E-state index contributed by atoms with van der Waals surface area (Å²) in [6.07, 6.45) is 3.03. The highest BCUT2D eigenvalue weighted by Gasteiger charge is 2.28. The summed E-state index contributed by atoms with van der Waals surface area (Å²) in [5, 5.41) is 5.02. The minimum absolute atomic E-state index is 0.161. The Bertz CT molecular complexity index is 761. The molecule has 0 aliphatic carbocycles. The van der Waals surface area contributed by atoms with Gasteiger partial charge in [0.05, 0.1) is 16.9 Å². The van der Waals surface area contributed by atoms with E-state index in [2.05, 4.69) is 21.0 Å². The average Bonchev–Trinajstić information content (AvgIpc) is 2.90. The van der Waals surface area contributed by atoms with Crippen LogP contribution in [-0.2, 0) is 4.74 Å². The number of ether oxygens (including phenoxy) is 1. The number of piperidine rings is 1. The number of benzene rings is 1. The van der Waals surface area contributed by atoms with Crippen molar-refractivity contribution in [1.82, 2.24) is 14.7 Å². The summed E-state index contributed by atoms with van der Waals surface area (Å²) >= 11 is 3.29.